The van der Waals surface area contributed by atoms with Gasteiger partial charge in [0, 0.05) is 44.9 Å². The van der Waals surface area contributed by atoms with E-state index in [0.29, 0.717) is 11.8 Å². The Balaban J connectivity index is 1.54. The minimum absolute atomic E-state index is 0.0649. The van der Waals surface area contributed by atoms with Crippen LogP contribution in [0.1, 0.15) is 79.1 Å². The van der Waals surface area contributed by atoms with Crippen molar-refractivity contribution >= 4 is 5.97 Å². The van der Waals surface area contributed by atoms with Crippen molar-refractivity contribution in [1.29, 1.82) is 0 Å². The maximum Gasteiger partial charge on any atom is 0.302 e. The molecule has 3 saturated carbocycles. The van der Waals surface area contributed by atoms with Gasteiger partial charge in [0.2, 0.25) is 0 Å². The van der Waals surface area contributed by atoms with Crippen molar-refractivity contribution in [2.75, 3.05) is 39.8 Å². The molecule has 3 aliphatic carbocycles. The molecule has 1 heterocycles. The molecule has 0 aromatic rings. The van der Waals surface area contributed by atoms with Crippen LogP contribution in [0.3, 0.4) is 0 Å². The predicted molar refractivity (Wildman–Crippen MR) is 131 cm³/mol. The molecule has 4 nitrogen and oxygen atoms in total. The van der Waals surface area contributed by atoms with Crippen molar-refractivity contribution in [3.05, 3.63) is 12.2 Å². The molecule has 0 N–H and O–H groups in total. The van der Waals surface area contributed by atoms with Crippen molar-refractivity contribution in [1.82, 2.24) is 9.80 Å². The molecular formula is C28H48N2O2. The van der Waals surface area contributed by atoms with E-state index >= 15 is 0 Å². The number of hydrogen-bond donors (Lipinski definition) is 0. The highest BCUT2D eigenvalue weighted by molar-refractivity contribution is 5.66. The first kappa shape index (κ1) is 24.3. The summed E-state index contributed by atoms with van der Waals surface area (Å²) in [6.07, 6.45) is 9.94. The lowest BCUT2D eigenvalue weighted by molar-refractivity contribution is -0.172. The number of hydrogen-bond acceptors (Lipinski definition) is 4. The highest BCUT2D eigenvalue weighted by Crippen LogP contribution is 2.62. The number of carbonyl (C=O) groups excluding carboxylic acids is 1. The van der Waals surface area contributed by atoms with E-state index in [9.17, 15) is 4.79 Å². The Morgan fingerprint density at radius 3 is 2.50 bits per heavy atom. The minimum atomic E-state index is -0.0940. The van der Waals surface area contributed by atoms with E-state index in [2.05, 4.69) is 44.2 Å². The third-order valence-corrected chi connectivity index (χ3v) is 10.5. The van der Waals surface area contributed by atoms with Crippen molar-refractivity contribution in [3.63, 3.8) is 0 Å². The predicted octanol–water partition coefficient (Wildman–Crippen LogP) is 5.38. The zero-order chi connectivity index (χ0) is 23.1. The maximum atomic E-state index is 12.3. The summed E-state index contributed by atoms with van der Waals surface area (Å²) < 4.78 is 6.24. The molecule has 182 valence electrons. The molecule has 4 fully saturated rings. The van der Waals surface area contributed by atoms with Gasteiger partial charge in [-0.05, 0) is 81.2 Å². The van der Waals surface area contributed by atoms with E-state index in [1.54, 1.807) is 6.92 Å². The number of nitrogens with zero attached hydrogens (tertiary/aromatic N) is 2. The van der Waals surface area contributed by atoms with Gasteiger partial charge in [0.05, 0.1) is 0 Å². The van der Waals surface area contributed by atoms with Crippen molar-refractivity contribution in [2.24, 2.45) is 34.5 Å². The molecule has 32 heavy (non-hydrogen) atoms. The summed E-state index contributed by atoms with van der Waals surface area (Å²) in [4.78, 5) is 17.4. The van der Waals surface area contributed by atoms with Gasteiger partial charge in [-0.3, -0.25) is 4.79 Å². The fraction of sp³-hybridized carbons (Fsp3) is 0.893. The van der Waals surface area contributed by atoms with Crippen LogP contribution in [-0.4, -0.2) is 61.6 Å². The lowest BCUT2D eigenvalue weighted by atomic mass is 9.50. The van der Waals surface area contributed by atoms with Crippen molar-refractivity contribution < 1.29 is 9.53 Å². The molecular weight excluding hydrogens is 396 g/mol. The zero-order valence-corrected chi connectivity index (χ0v) is 21.5. The summed E-state index contributed by atoms with van der Waals surface area (Å²) >= 11 is 0. The number of likely N-dealkylation sites (N-methyl/N-ethyl adjacent to an activating group) is 1. The van der Waals surface area contributed by atoms with Crippen LogP contribution in [0.5, 0.6) is 0 Å². The van der Waals surface area contributed by atoms with Gasteiger partial charge in [-0.25, -0.2) is 0 Å². The largest absolute Gasteiger partial charge is 0.462 e. The summed E-state index contributed by atoms with van der Waals surface area (Å²) in [7, 11) is 2.24. The number of carbonyl (C=O) groups is 1. The zero-order valence-electron chi connectivity index (χ0n) is 21.5. The van der Waals surface area contributed by atoms with Crippen LogP contribution in [0.4, 0.5) is 0 Å². The molecule has 7 atom stereocenters. The Bertz CT molecular complexity index is 700. The number of allylic oxidation sites excluding steroid dienone is 1. The molecule has 0 aromatic carbocycles. The fourth-order valence-electron chi connectivity index (χ4n) is 8.03. The molecule has 0 amide bonds. The highest BCUT2D eigenvalue weighted by Gasteiger charge is 2.58. The van der Waals surface area contributed by atoms with Gasteiger partial charge in [-0.15, -0.1) is 0 Å². The van der Waals surface area contributed by atoms with Gasteiger partial charge in [0.1, 0.15) is 6.10 Å². The second-order valence-electron chi connectivity index (χ2n) is 12.4. The van der Waals surface area contributed by atoms with Crippen LogP contribution < -0.4 is 0 Å². The normalized spacial score (nSPS) is 43.8. The molecule has 0 unspecified atom stereocenters. The second kappa shape index (κ2) is 9.41. The smallest absolute Gasteiger partial charge is 0.302 e. The van der Waals surface area contributed by atoms with Gasteiger partial charge in [-0.1, -0.05) is 39.3 Å². The van der Waals surface area contributed by atoms with Gasteiger partial charge < -0.3 is 14.5 Å². The molecule has 4 heteroatoms. The Morgan fingerprint density at radius 2 is 1.81 bits per heavy atom. The molecule has 0 radical (unpaired) electrons. The third kappa shape index (κ3) is 4.56. The highest BCUT2D eigenvalue weighted by atomic mass is 16.5. The lowest BCUT2D eigenvalue weighted by Gasteiger charge is -2.56. The summed E-state index contributed by atoms with van der Waals surface area (Å²) in [5, 5.41) is 0. The van der Waals surface area contributed by atoms with E-state index in [4.69, 9.17) is 4.74 Å². The fourth-order valence-corrected chi connectivity index (χ4v) is 8.03. The van der Waals surface area contributed by atoms with Crippen molar-refractivity contribution in [2.45, 2.75) is 85.2 Å². The van der Waals surface area contributed by atoms with Gasteiger partial charge in [-0.2, -0.15) is 0 Å². The maximum absolute atomic E-state index is 12.3. The SMILES string of the molecule is C=C1CC[C@H]2[C@H](OC(C)=O)[C@@H]([C@@]3(C)CC[C@H](C)C[C@@H]3CCN3CCN(C)CC3)CC[C@]12C. The van der Waals surface area contributed by atoms with Crippen LogP contribution in [0.2, 0.25) is 0 Å². The number of esters is 1. The van der Waals surface area contributed by atoms with E-state index in [0.717, 1.165) is 24.7 Å². The minimum Gasteiger partial charge on any atom is -0.462 e. The summed E-state index contributed by atoms with van der Waals surface area (Å²) in [6, 6.07) is 0. The van der Waals surface area contributed by atoms with Crippen LogP contribution in [0.25, 0.3) is 0 Å². The monoisotopic (exact) mass is 444 g/mol. The van der Waals surface area contributed by atoms with Gasteiger partial charge in [0.15, 0.2) is 0 Å². The van der Waals surface area contributed by atoms with Crippen LogP contribution in [0.15, 0.2) is 12.2 Å². The van der Waals surface area contributed by atoms with Crippen molar-refractivity contribution in [3.8, 4) is 0 Å². The summed E-state index contributed by atoms with van der Waals surface area (Å²) in [6.45, 7) is 19.5. The molecule has 4 rings (SSSR count). The second-order valence-corrected chi connectivity index (χ2v) is 12.4. The summed E-state index contributed by atoms with van der Waals surface area (Å²) in [5.41, 5.74) is 1.82. The number of piperazine rings is 1. The lowest BCUT2D eigenvalue weighted by Crippen LogP contribution is -2.54. The van der Waals surface area contributed by atoms with E-state index in [1.165, 1.54) is 76.8 Å². The first-order chi connectivity index (χ1) is 15.1. The Morgan fingerprint density at radius 1 is 1.09 bits per heavy atom. The van der Waals surface area contributed by atoms with E-state index in [-0.39, 0.29) is 22.9 Å². The Kier molecular flexibility index (Phi) is 7.13. The van der Waals surface area contributed by atoms with E-state index in [1.807, 2.05) is 0 Å². The van der Waals surface area contributed by atoms with Gasteiger partial charge >= 0.3 is 5.97 Å². The molecule has 0 spiro atoms. The molecule has 1 saturated heterocycles. The molecule has 0 bridgehead atoms. The first-order valence-electron chi connectivity index (χ1n) is 13.4. The average Bonchev–Trinajstić information content (AvgIpc) is 3.05. The first-order valence-corrected chi connectivity index (χ1v) is 13.4. The topological polar surface area (TPSA) is 32.8 Å². The van der Waals surface area contributed by atoms with Crippen LogP contribution in [-0.2, 0) is 9.53 Å². The standard InChI is InChI=1S/C28H48N2O2/c1-20-9-12-28(5,23(19-20)11-14-30-17-15-29(6)16-18-30)25-10-13-27(4)21(2)7-8-24(27)26(25)32-22(3)31/h20,23-26H,2,7-19H2,1,3-6H3/t20-,23-,24-,25-,26-,27+,28-/m0/s1. The quantitative estimate of drug-likeness (QED) is 0.421. The Hall–Kier alpha value is -0.870. The average molecular weight is 445 g/mol. The Labute approximate surface area is 197 Å². The van der Waals surface area contributed by atoms with Crippen LogP contribution in [0, 0.1) is 34.5 Å². The molecule has 1 aliphatic heterocycles. The van der Waals surface area contributed by atoms with Crippen LogP contribution >= 0.6 is 0 Å². The molecule has 0 aromatic heterocycles. The van der Waals surface area contributed by atoms with Gasteiger partial charge in [0.25, 0.3) is 0 Å². The molecule has 4 aliphatic rings. The summed E-state index contributed by atoms with van der Waals surface area (Å²) in [5.74, 6) is 2.38. The third-order valence-electron chi connectivity index (χ3n) is 10.5. The number of fused-ring (bicyclic) bond motifs is 1. The van der Waals surface area contributed by atoms with E-state index < -0.39 is 0 Å². The number of ether oxygens (including phenoxy) is 1. The number of rotatable bonds is 5.